The molecule has 0 saturated heterocycles. The number of hydrogen-bond donors (Lipinski definition) is 0. The first-order valence-corrected chi connectivity index (χ1v) is 7.77. The van der Waals surface area contributed by atoms with E-state index >= 15 is 0 Å². The molecule has 1 aliphatic heterocycles. The highest BCUT2D eigenvalue weighted by atomic mass is 35.5. The highest BCUT2D eigenvalue weighted by Gasteiger charge is 2.34. The molecule has 2 aromatic rings. The number of carbonyl (C=O) groups excluding carboxylic acids is 1. The Morgan fingerprint density at radius 3 is 2.52 bits per heavy atom. The van der Waals surface area contributed by atoms with Crippen LogP contribution < -0.4 is 4.31 Å². The van der Waals surface area contributed by atoms with Crippen molar-refractivity contribution in [3.8, 4) is 0 Å². The molecular formula is C14H9ClFNO3S. The Balaban J connectivity index is 2.43. The van der Waals surface area contributed by atoms with E-state index in [9.17, 15) is 17.6 Å². The Bertz CT molecular complexity index is 880. The second kappa shape index (κ2) is 4.54. The predicted molar refractivity (Wildman–Crippen MR) is 76.9 cm³/mol. The van der Waals surface area contributed by atoms with Crippen LogP contribution in [-0.2, 0) is 10.0 Å². The molecule has 108 valence electrons. The lowest BCUT2D eigenvalue weighted by Crippen LogP contribution is -2.26. The number of halogens is 2. The Labute approximate surface area is 125 Å². The van der Waals surface area contributed by atoms with Gasteiger partial charge < -0.3 is 0 Å². The Morgan fingerprint density at radius 1 is 1.10 bits per heavy atom. The van der Waals surface area contributed by atoms with E-state index in [1.807, 2.05) is 0 Å². The molecule has 1 heterocycles. The van der Waals surface area contributed by atoms with Crippen LogP contribution in [-0.4, -0.2) is 21.2 Å². The van der Waals surface area contributed by atoms with Crippen molar-refractivity contribution in [1.82, 2.24) is 0 Å². The van der Waals surface area contributed by atoms with E-state index in [-0.39, 0.29) is 26.7 Å². The lowest BCUT2D eigenvalue weighted by atomic mass is 10.0. The summed E-state index contributed by atoms with van der Waals surface area (Å²) in [4.78, 5) is 12.3. The maximum atomic E-state index is 13.4. The lowest BCUT2D eigenvalue weighted by Gasteiger charge is -2.19. The topological polar surface area (TPSA) is 54.5 Å². The third-order valence-corrected chi connectivity index (χ3v) is 5.42. The van der Waals surface area contributed by atoms with Gasteiger partial charge in [-0.25, -0.2) is 12.8 Å². The minimum atomic E-state index is -3.93. The molecule has 3 rings (SSSR count). The van der Waals surface area contributed by atoms with Crippen molar-refractivity contribution in [1.29, 1.82) is 0 Å². The first-order valence-electron chi connectivity index (χ1n) is 5.95. The average molecular weight is 325 g/mol. The predicted octanol–water partition coefficient (Wildman–Crippen LogP) is 2.85. The fourth-order valence-electron chi connectivity index (χ4n) is 2.28. The van der Waals surface area contributed by atoms with Crippen LogP contribution in [0, 0.1) is 5.82 Å². The number of fused-ring (bicyclic) bond motifs is 2. The maximum absolute atomic E-state index is 13.4. The summed E-state index contributed by atoms with van der Waals surface area (Å²) >= 11 is 5.83. The number of carbonyl (C=O) groups is 1. The van der Waals surface area contributed by atoms with Crippen molar-refractivity contribution in [2.24, 2.45) is 0 Å². The molecule has 0 spiro atoms. The maximum Gasteiger partial charge on any atom is 0.264 e. The van der Waals surface area contributed by atoms with E-state index < -0.39 is 21.6 Å². The van der Waals surface area contributed by atoms with Gasteiger partial charge in [0.1, 0.15) is 10.7 Å². The van der Waals surface area contributed by atoms with Crippen molar-refractivity contribution < 1.29 is 17.6 Å². The first-order chi connectivity index (χ1) is 9.82. The van der Waals surface area contributed by atoms with Gasteiger partial charge in [-0.1, -0.05) is 11.6 Å². The summed E-state index contributed by atoms with van der Waals surface area (Å²) in [6.45, 7) is 0. The van der Waals surface area contributed by atoms with Crippen molar-refractivity contribution in [2.45, 2.75) is 4.90 Å². The van der Waals surface area contributed by atoms with Crippen LogP contribution in [0.1, 0.15) is 15.9 Å². The summed E-state index contributed by atoms with van der Waals surface area (Å²) in [5, 5.41) is 0.204. The SMILES string of the molecule is CN1c2ccc([18F])cc2C(=O)c2ccc(Cl)cc2S1(=O)=O. The number of anilines is 1. The van der Waals surface area contributed by atoms with Gasteiger partial charge in [-0.2, -0.15) is 0 Å². The molecule has 0 aliphatic carbocycles. The van der Waals surface area contributed by atoms with Crippen molar-refractivity contribution in [2.75, 3.05) is 11.4 Å². The second-order valence-electron chi connectivity index (χ2n) is 4.60. The molecule has 21 heavy (non-hydrogen) atoms. The molecular weight excluding hydrogens is 316 g/mol. The Hall–Kier alpha value is -1.92. The van der Waals surface area contributed by atoms with Crippen molar-refractivity contribution >= 4 is 33.1 Å². The van der Waals surface area contributed by atoms with E-state index in [0.717, 1.165) is 16.4 Å². The summed E-state index contributed by atoms with van der Waals surface area (Å²) in [7, 11) is -2.62. The molecule has 0 bridgehead atoms. The largest absolute Gasteiger partial charge is 0.288 e. The first kappa shape index (κ1) is 14.0. The molecule has 0 N–H and O–H groups in total. The zero-order valence-electron chi connectivity index (χ0n) is 10.8. The van der Waals surface area contributed by atoms with Gasteiger partial charge in [-0.15, -0.1) is 0 Å². The molecule has 0 radical (unpaired) electrons. The third-order valence-electron chi connectivity index (χ3n) is 3.37. The van der Waals surface area contributed by atoms with Crippen LogP contribution in [0.3, 0.4) is 0 Å². The van der Waals surface area contributed by atoms with Gasteiger partial charge in [0.05, 0.1) is 5.69 Å². The minimum absolute atomic E-state index is 0.00199. The number of ketones is 1. The zero-order chi connectivity index (χ0) is 15.4. The van der Waals surface area contributed by atoms with Gasteiger partial charge in [-0.05, 0) is 36.4 Å². The van der Waals surface area contributed by atoms with Gasteiger partial charge in [0.2, 0.25) is 0 Å². The van der Waals surface area contributed by atoms with Crippen LogP contribution in [0.5, 0.6) is 0 Å². The highest BCUT2D eigenvalue weighted by Crippen LogP contribution is 2.35. The third kappa shape index (κ3) is 2.02. The van der Waals surface area contributed by atoms with Crippen LogP contribution in [0.2, 0.25) is 5.02 Å². The number of nitrogens with zero attached hydrogens (tertiary/aromatic N) is 1. The van der Waals surface area contributed by atoms with E-state index in [4.69, 9.17) is 11.6 Å². The van der Waals surface area contributed by atoms with Crippen LogP contribution >= 0.6 is 11.6 Å². The smallest absolute Gasteiger partial charge is 0.264 e. The molecule has 4 nitrogen and oxygen atoms in total. The number of benzene rings is 2. The van der Waals surface area contributed by atoms with E-state index in [0.29, 0.717) is 0 Å². The van der Waals surface area contributed by atoms with Gasteiger partial charge in [-0.3, -0.25) is 9.10 Å². The van der Waals surface area contributed by atoms with E-state index in [2.05, 4.69) is 0 Å². The number of hydrogen-bond acceptors (Lipinski definition) is 3. The molecule has 0 saturated carbocycles. The summed E-state index contributed by atoms with van der Waals surface area (Å²) in [6, 6.07) is 7.41. The van der Waals surface area contributed by atoms with Gasteiger partial charge >= 0.3 is 0 Å². The molecule has 1 aliphatic rings. The summed E-state index contributed by atoms with van der Waals surface area (Å²) in [5.74, 6) is -1.16. The quantitative estimate of drug-likeness (QED) is 0.748. The highest BCUT2D eigenvalue weighted by molar-refractivity contribution is 7.93. The zero-order valence-corrected chi connectivity index (χ0v) is 12.4. The van der Waals surface area contributed by atoms with Crippen molar-refractivity contribution in [3.63, 3.8) is 0 Å². The minimum Gasteiger partial charge on any atom is -0.288 e. The summed E-state index contributed by atoms with van der Waals surface area (Å²) < 4.78 is 39.6. The normalized spacial score (nSPS) is 16.1. The van der Waals surface area contributed by atoms with Gasteiger partial charge in [0.25, 0.3) is 10.0 Å². The standard InChI is InChI=1S/C14H9ClFNO3S/c1-17-12-5-3-9(16)7-11(12)14(18)10-4-2-8(15)6-13(10)21(17,19)20/h2-7H,1H3/i16-1. The molecule has 7 heteroatoms. The molecule has 0 amide bonds. The van der Waals surface area contributed by atoms with Crippen LogP contribution in [0.4, 0.5) is 10.1 Å². The van der Waals surface area contributed by atoms with Gasteiger partial charge in [0, 0.05) is 23.2 Å². The van der Waals surface area contributed by atoms with Crippen LogP contribution in [0.15, 0.2) is 41.3 Å². The lowest BCUT2D eigenvalue weighted by molar-refractivity contribution is 0.103. The summed E-state index contributed by atoms with van der Waals surface area (Å²) in [6.07, 6.45) is 0. The number of rotatable bonds is 0. The van der Waals surface area contributed by atoms with E-state index in [1.54, 1.807) is 0 Å². The molecule has 0 unspecified atom stereocenters. The fraction of sp³-hybridized carbons (Fsp3) is 0.0714. The summed E-state index contributed by atoms with van der Waals surface area (Å²) in [5.41, 5.74) is 0.117. The van der Waals surface area contributed by atoms with Crippen molar-refractivity contribution in [3.05, 3.63) is 58.4 Å². The monoisotopic (exact) mass is 324 g/mol. The average Bonchev–Trinajstić information content (AvgIpc) is 2.50. The second-order valence-corrected chi connectivity index (χ2v) is 6.98. The molecule has 0 atom stereocenters. The molecule has 2 aromatic carbocycles. The number of sulfonamides is 1. The Kier molecular flexibility index (Phi) is 3.04. The molecule has 0 aromatic heterocycles. The van der Waals surface area contributed by atoms with Gasteiger partial charge in [0.15, 0.2) is 5.78 Å². The van der Waals surface area contributed by atoms with E-state index in [1.165, 1.54) is 31.3 Å². The molecule has 0 fully saturated rings. The van der Waals surface area contributed by atoms with Crippen LogP contribution in [0.25, 0.3) is 0 Å². The Morgan fingerprint density at radius 2 is 1.81 bits per heavy atom. The fourth-order valence-corrected chi connectivity index (χ4v) is 3.95.